The summed E-state index contributed by atoms with van der Waals surface area (Å²) in [6, 6.07) is 2.69. The van der Waals surface area contributed by atoms with Crippen molar-refractivity contribution in [3.8, 4) is 0 Å². The molecule has 0 aliphatic carbocycles. The third-order valence-corrected chi connectivity index (χ3v) is 3.59. The fourth-order valence-corrected chi connectivity index (χ4v) is 2.17. The van der Waals surface area contributed by atoms with Gasteiger partial charge in [0.25, 0.3) is 0 Å². The van der Waals surface area contributed by atoms with E-state index in [9.17, 15) is 13.2 Å². The first kappa shape index (κ1) is 15.3. The summed E-state index contributed by atoms with van der Waals surface area (Å²) in [6.07, 6.45) is -0.611. The molecule has 0 aliphatic rings. The molecule has 1 rings (SSSR count). The first-order chi connectivity index (χ1) is 8.43. The highest BCUT2D eigenvalue weighted by Gasteiger charge is 2.30. The van der Waals surface area contributed by atoms with Crippen molar-refractivity contribution in [1.82, 2.24) is 4.98 Å². The van der Waals surface area contributed by atoms with Gasteiger partial charge in [-0.2, -0.15) is 13.2 Å². The molecular weight excluding hydrogens is 261 g/mol. The van der Waals surface area contributed by atoms with Crippen LogP contribution in [-0.4, -0.2) is 16.8 Å². The Labute approximate surface area is 109 Å². The minimum absolute atomic E-state index is 0.214. The Morgan fingerprint density at radius 3 is 2.61 bits per heavy atom. The summed E-state index contributed by atoms with van der Waals surface area (Å²) in [5.74, 6) is 0.825. The summed E-state index contributed by atoms with van der Waals surface area (Å²) in [5.41, 5.74) is 5.06. The molecule has 2 N–H and O–H groups in total. The minimum atomic E-state index is -4.32. The number of nitrogens with zero attached hydrogens (tertiary/aromatic N) is 1. The summed E-state index contributed by atoms with van der Waals surface area (Å²) >= 11 is 1.46. The molecule has 0 bridgehead atoms. The fraction of sp³-hybridized carbons (Fsp3) is 0.583. The molecule has 1 aromatic heterocycles. The topological polar surface area (TPSA) is 38.9 Å². The van der Waals surface area contributed by atoms with Gasteiger partial charge in [-0.1, -0.05) is 6.92 Å². The lowest BCUT2D eigenvalue weighted by molar-refractivity contribution is -0.137. The van der Waals surface area contributed by atoms with E-state index < -0.39 is 11.7 Å². The molecule has 6 heteroatoms. The Hall–Kier alpha value is -0.750. The predicted molar refractivity (Wildman–Crippen MR) is 67.5 cm³/mol. The maximum absolute atomic E-state index is 12.3. The normalized spacial score (nSPS) is 13.6. The van der Waals surface area contributed by atoms with Gasteiger partial charge in [0.2, 0.25) is 0 Å². The number of hydrogen-bond acceptors (Lipinski definition) is 3. The molecule has 0 aliphatic heterocycles. The van der Waals surface area contributed by atoms with Crippen molar-refractivity contribution in [3.05, 3.63) is 23.9 Å². The van der Waals surface area contributed by atoms with Crippen molar-refractivity contribution in [3.63, 3.8) is 0 Å². The first-order valence-corrected chi connectivity index (χ1v) is 6.83. The van der Waals surface area contributed by atoms with Gasteiger partial charge in [-0.3, -0.25) is 0 Å². The van der Waals surface area contributed by atoms with Crippen molar-refractivity contribution in [2.75, 3.05) is 5.75 Å². The highest BCUT2D eigenvalue weighted by molar-refractivity contribution is 7.99. The fourth-order valence-electron chi connectivity index (χ4n) is 1.36. The molecule has 2 nitrogen and oxygen atoms in total. The highest BCUT2D eigenvalue weighted by Crippen LogP contribution is 2.29. The smallest absolute Gasteiger partial charge is 0.328 e. The number of alkyl halides is 3. The molecule has 0 radical (unpaired) electrons. The second-order valence-corrected chi connectivity index (χ2v) is 5.16. The third kappa shape index (κ3) is 5.27. The summed E-state index contributed by atoms with van der Waals surface area (Å²) < 4.78 is 36.9. The van der Waals surface area contributed by atoms with Crippen molar-refractivity contribution >= 4 is 11.8 Å². The van der Waals surface area contributed by atoms with E-state index in [0.29, 0.717) is 5.03 Å². The molecule has 1 aromatic rings. The van der Waals surface area contributed by atoms with Gasteiger partial charge in [0.15, 0.2) is 0 Å². The molecule has 1 heterocycles. The predicted octanol–water partition coefficient (Wildman–Crippen LogP) is 3.71. The molecule has 1 unspecified atom stereocenters. The monoisotopic (exact) mass is 278 g/mol. The minimum Gasteiger partial charge on any atom is -0.328 e. The molecule has 0 saturated heterocycles. The number of halogens is 3. The Morgan fingerprint density at radius 2 is 2.11 bits per heavy atom. The van der Waals surface area contributed by atoms with Crippen LogP contribution in [0.3, 0.4) is 0 Å². The average Bonchev–Trinajstić information content (AvgIpc) is 2.33. The van der Waals surface area contributed by atoms with Crippen molar-refractivity contribution in [2.24, 2.45) is 5.73 Å². The van der Waals surface area contributed by atoms with Crippen LogP contribution in [-0.2, 0) is 6.18 Å². The highest BCUT2D eigenvalue weighted by atomic mass is 32.2. The van der Waals surface area contributed by atoms with E-state index in [1.54, 1.807) is 0 Å². The largest absolute Gasteiger partial charge is 0.417 e. The number of aromatic nitrogens is 1. The van der Waals surface area contributed by atoms with Gasteiger partial charge in [0, 0.05) is 12.2 Å². The second-order valence-electron chi connectivity index (χ2n) is 4.04. The number of hydrogen-bond donors (Lipinski definition) is 1. The van der Waals surface area contributed by atoms with E-state index in [2.05, 4.69) is 4.98 Å². The summed E-state index contributed by atoms with van der Waals surface area (Å²) in [6.45, 7) is 2.04. The lowest BCUT2D eigenvalue weighted by Crippen LogP contribution is -2.18. The Morgan fingerprint density at radius 1 is 1.39 bits per heavy atom. The van der Waals surface area contributed by atoms with Gasteiger partial charge in [-0.15, -0.1) is 11.8 Å². The Bertz CT molecular complexity index is 351. The third-order valence-electron chi connectivity index (χ3n) is 2.56. The van der Waals surface area contributed by atoms with Crippen LogP contribution in [0, 0.1) is 0 Å². The SMILES string of the molecule is CCC(N)CCCSc1ccc(C(F)(F)F)cn1. The zero-order valence-corrected chi connectivity index (χ0v) is 11.0. The van der Waals surface area contributed by atoms with E-state index in [1.807, 2.05) is 6.92 Å². The van der Waals surface area contributed by atoms with Crippen LogP contribution < -0.4 is 5.73 Å². The maximum atomic E-state index is 12.3. The Kier molecular flexibility index (Phi) is 5.95. The lowest BCUT2D eigenvalue weighted by Gasteiger charge is -2.08. The average molecular weight is 278 g/mol. The van der Waals surface area contributed by atoms with E-state index >= 15 is 0 Å². The second kappa shape index (κ2) is 6.99. The molecule has 18 heavy (non-hydrogen) atoms. The van der Waals surface area contributed by atoms with Gasteiger partial charge < -0.3 is 5.73 Å². The summed E-state index contributed by atoms with van der Waals surface area (Å²) in [7, 11) is 0. The molecule has 0 aromatic carbocycles. The molecule has 0 fully saturated rings. The van der Waals surface area contributed by atoms with Crippen LogP contribution in [0.1, 0.15) is 31.7 Å². The zero-order valence-electron chi connectivity index (χ0n) is 10.2. The van der Waals surface area contributed by atoms with E-state index in [4.69, 9.17) is 5.73 Å². The van der Waals surface area contributed by atoms with Gasteiger partial charge in [0.05, 0.1) is 10.6 Å². The summed E-state index contributed by atoms with van der Waals surface area (Å²) in [4.78, 5) is 3.79. The number of pyridine rings is 1. The van der Waals surface area contributed by atoms with Crippen LogP contribution in [0.25, 0.3) is 0 Å². The van der Waals surface area contributed by atoms with E-state index in [1.165, 1.54) is 17.8 Å². The van der Waals surface area contributed by atoms with Crippen LogP contribution in [0.5, 0.6) is 0 Å². The zero-order chi connectivity index (χ0) is 13.6. The molecular formula is C12H17F3N2S. The molecule has 0 amide bonds. The molecule has 1 atom stereocenters. The standard InChI is InChI=1S/C12H17F3N2S/c1-2-10(16)4-3-7-18-11-6-5-9(8-17-11)12(13,14)15/h5-6,8,10H,2-4,7,16H2,1H3. The number of rotatable bonds is 6. The van der Waals surface area contributed by atoms with Gasteiger partial charge >= 0.3 is 6.18 Å². The van der Waals surface area contributed by atoms with E-state index in [0.717, 1.165) is 37.3 Å². The van der Waals surface area contributed by atoms with Gasteiger partial charge in [-0.05, 0) is 37.1 Å². The van der Waals surface area contributed by atoms with Gasteiger partial charge in [-0.25, -0.2) is 4.98 Å². The van der Waals surface area contributed by atoms with Crippen LogP contribution in [0.15, 0.2) is 23.4 Å². The van der Waals surface area contributed by atoms with Crippen LogP contribution in [0.2, 0.25) is 0 Å². The number of nitrogens with two attached hydrogens (primary N) is 1. The summed E-state index contributed by atoms with van der Waals surface area (Å²) in [5, 5.41) is 0.619. The molecule has 0 spiro atoms. The maximum Gasteiger partial charge on any atom is 0.417 e. The van der Waals surface area contributed by atoms with Crippen LogP contribution >= 0.6 is 11.8 Å². The molecule has 102 valence electrons. The van der Waals surface area contributed by atoms with Crippen molar-refractivity contribution in [2.45, 2.75) is 43.4 Å². The quantitative estimate of drug-likeness (QED) is 0.637. The van der Waals surface area contributed by atoms with Gasteiger partial charge in [0.1, 0.15) is 0 Å². The first-order valence-electron chi connectivity index (χ1n) is 5.85. The Balaban J connectivity index is 2.36. The van der Waals surface area contributed by atoms with Crippen molar-refractivity contribution in [1.29, 1.82) is 0 Å². The van der Waals surface area contributed by atoms with Crippen molar-refractivity contribution < 1.29 is 13.2 Å². The number of thioether (sulfide) groups is 1. The molecule has 0 saturated carbocycles. The lowest BCUT2D eigenvalue weighted by atomic mass is 10.1. The van der Waals surface area contributed by atoms with E-state index in [-0.39, 0.29) is 6.04 Å². The van der Waals surface area contributed by atoms with Crippen LogP contribution in [0.4, 0.5) is 13.2 Å².